The molecule has 7 nitrogen and oxygen atoms in total. The van der Waals surface area contributed by atoms with Crippen molar-refractivity contribution in [1.82, 2.24) is 9.97 Å². The smallest absolute Gasteiger partial charge is 0.235 e. The van der Waals surface area contributed by atoms with E-state index >= 15 is 0 Å². The van der Waals surface area contributed by atoms with Crippen LogP contribution in [0.5, 0.6) is 0 Å². The lowest BCUT2D eigenvalue weighted by Crippen LogP contribution is -2.31. The van der Waals surface area contributed by atoms with Crippen LogP contribution in [0.1, 0.15) is 5.69 Å². The summed E-state index contributed by atoms with van der Waals surface area (Å²) in [7, 11) is 0. The molecule has 0 aliphatic heterocycles. The fraction of sp³-hybridized carbons (Fsp3) is 0.333. The molecule has 13 heavy (non-hydrogen) atoms. The number of aromatic amines is 1. The SMILES string of the molecule is [N-]=[N+]=[15N]C(=O)[C@@H](N)Cc1cnc[nH]1. The topological polar surface area (TPSA) is 121 Å². The number of aromatic nitrogens is 2. The third-order valence-electron chi connectivity index (χ3n) is 1.46. The number of rotatable bonds is 3. The van der Waals surface area contributed by atoms with Crippen LogP contribution in [0.25, 0.3) is 10.4 Å². The minimum Gasteiger partial charge on any atom is -0.348 e. The molecular weight excluding hydrogens is 173 g/mol. The summed E-state index contributed by atoms with van der Waals surface area (Å²) in [4.78, 5) is 19.8. The molecule has 0 aromatic carbocycles. The van der Waals surface area contributed by atoms with Crippen molar-refractivity contribution in [2.75, 3.05) is 0 Å². The molecule has 0 saturated carbocycles. The van der Waals surface area contributed by atoms with Gasteiger partial charge in [-0.25, -0.2) is 4.98 Å². The van der Waals surface area contributed by atoms with Gasteiger partial charge in [0.25, 0.3) is 0 Å². The highest BCUT2D eigenvalue weighted by Gasteiger charge is 2.12. The van der Waals surface area contributed by atoms with Gasteiger partial charge in [-0.05, 0) is 10.6 Å². The maximum absolute atomic E-state index is 10.9. The third-order valence-corrected chi connectivity index (χ3v) is 1.46. The Kier molecular flexibility index (Phi) is 3.02. The summed E-state index contributed by atoms with van der Waals surface area (Å²) < 4.78 is 0. The minimum absolute atomic E-state index is 0.290. The van der Waals surface area contributed by atoms with Crippen LogP contribution in [-0.4, -0.2) is 21.9 Å². The Morgan fingerprint density at radius 2 is 2.69 bits per heavy atom. The standard InChI is InChI=1S/C6H8N6O/c7-5(6(13)11-12-8)1-4-2-9-3-10-4/h2-3,5H,1,7H2,(H,9,10)/t5-/m0/s1/i11+1. The maximum Gasteiger partial charge on any atom is 0.235 e. The Labute approximate surface area is 73.6 Å². The number of nitrogens with zero attached hydrogens (tertiary/aromatic N) is 4. The molecule has 1 atom stereocenters. The van der Waals surface area contributed by atoms with E-state index in [4.69, 9.17) is 11.3 Å². The average molecular weight is 181 g/mol. The number of imidazole rings is 1. The first-order valence-electron chi connectivity index (χ1n) is 3.56. The fourth-order valence-electron chi connectivity index (χ4n) is 0.839. The molecule has 1 amide bonds. The van der Waals surface area contributed by atoms with Crippen molar-refractivity contribution in [3.63, 3.8) is 0 Å². The summed E-state index contributed by atoms with van der Waals surface area (Å²) >= 11 is 0. The van der Waals surface area contributed by atoms with Gasteiger partial charge in [0.2, 0.25) is 5.91 Å². The molecule has 0 aliphatic carbocycles. The lowest BCUT2D eigenvalue weighted by molar-refractivity contribution is -0.119. The lowest BCUT2D eigenvalue weighted by atomic mass is 10.2. The molecule has 0 unspecified atom stereocenters. The first kappa shape index (κ1) is 9.24. The van der Waals surface area contributed by atoms with E-state index in [9.17, 15) is 4.79 Å². The lowest BCUT2D eigenvalue weighted by Gasteiger charge is -2.03. The second-order valence-corrected chi connectivity index (χ2v) is 2.42. The molecular formula is C6H8N6O. The Hall–Kier alpha value is -1.85. The van der Waals surface area contributed by atoms with Crippen molar-refractivity contribution in [3.05, 3.63) is 28.7 Å². The number of carbonyl (C=O) groups excluding carboxylic acids is 1. The van der Waals surface area contributed by atoms with E-state index in [2.05, 4.69) is 20.0 Å². The number of hydrogen-bond donors (Lipinski definition) is 2. The van der Waals surface area contributed by atoms with E-state index in [-0.39, 0.29) is 6.42 Å². The normalized spacial score (nSPS) is 11.8. The van der Waals surface area contributed by atoms with E-state index in [1.54, 1.807) is 6.20 Å². The zero-order chi connectivity index (χ0) is 9.68. The van der Waals surface area contributed by atoms with Gasteiger partial charge in [-0.1, -0.05) is 0 Å². The monoisotopic (exact) mass is 181 g/mol. The van der Waals surface area contributed by atoms with Crippen LogP contribution >= 0.6 is 0 Å². The van der Waals surface area contributed by atoms with Crippen molar-refractivity contribution >= 4 is 5.91 Å². The van der Waals surface area contributed by atoms with Crippen LogP contribution in [0.2, 0.25) is 0 Å². The van der Waals surface area contributed by atoms with E-state index < -0.39 is 11.9 Å². The second kappa shape index (κ2) is 4.24. The number of nitrogens with two attached hydrogens (primary N) is 1. The molecule has 68 valence electrons. The third kappa shape index (κ3) is 2.58. The van der Waals surface area contributed by atoms with Gasteiger partial charge in [0, 0.05) is 23.2 Å². The highest BCUT2D eigenvalue weighted by atomic mass is 16.2. The maximum atomic E-state index is 10.9. The highest BCUT2D eigenvalue weighted by Crippen LogP contribution is 1.97. The Bertz CT molecular complexity index is 325. The van der Waals surface area contributed by atoms with Crippen LogP contribution in [0.4, 0.5) is 0 Å². The van der Waals surface area contributed by atoms with Crippen molar-refractivity contribution < 1.29 is 4.79 Å². The highest BCUT2D eigenvalue weighted by molar-refractivity contribution is 5.82. The van der Waals surface area contributed by atoms with Crippen LogP contribution in [-0.2, 0) is 11.2 Å². The Balaban J connectivity index is 2.55. The predicted molar refractivity (Wildman–Crippen MR) is 44.4 cm³/mol. The quantitative estimate of drug-likeness (QED) is 0.298. The molecule has 0 saturated heterocycles. The van der Waals surface area contributed by atoms with E-state index in [1.807, 2.05) is 0 Å². The summed E-state index contributed by atoms with van der Waals surface area (Å²) in [6.45, 7) is 0. The largest absolute Gasteiger partial charge is 0.348 e. The van der Waals surface area contributed by atoms with Crippen LogP contribution in [0.15, 0.2) is 17.6 Å². The molecule has 0 fully saturated rings. The molecule has 7 heteroatoms. The predicted octanol–water partition coefficient (Wildman–Crippen LogP) is 0.116. The minimum atomic E-state index is -0.809. The molecule has 1 rings (SSSR count). The van der Waals surface area contributed by atoms with E-state index in [0.29, 0.717) is 0 Å². The van der Waals surface area contributed by atoms with Gasteiger partial charge in [-0.3, -0.25) is 4.79 Å². The zero-order valence-corrected chi connectivity index (χ0v) is 6.71. The Morgan fingerprint density at radius 3 is 3.23 bits per heavy atom. The van der Waals surface area contributed by atoms with Gasteiger partial charge in [-0.15, -0.1) is 0 Å². The number of amides is 1. The van der Waals surface area contributed by atoms with E-state index in [1.165, 1.54) is 6.33 Å². The summed E-state index contributed by atoms with van der Waals surface area (Å²) in [5.74, 6) is -0.669. The van der Waals surface area contributed by atoms with E-state index in [0.717, 1.165) is 5.69 Å². The first-order chi connectivity index (χ1) is 6.24. The zero-order valence-electron chi connectivity index (χ0n) is 6.71. The van der Waals surface area contributed by atoms with Crippen molar-refractivity contribution in [3.8, 4) is 0 Å². The van der Waals surface area contributed by atoms with Gasteiger partial charge < -0.3 is 10.7 Å². The molecule has 0 radical (unpaired) electrons. The fourth-order valence-corrected chi connectivity index (χ4v) is 0.839. The van der Waals surface area contributed by atoms with Crippen molar-refractivity contribution in [1.29, 1.82) is 0 Å². The number of nitrogens with one attached hydrogen (secondary N) is 1. The summed E-state index contributed by atoms with van der Waals surface area (Å²) in [6.07, 6.45) is 3.33. The molecule has 0 aliphatic rings. The molecule has 3 N–H and O–H groups in total. The number of hydrogen-bond acceptors (Lipinski definition) is 3. The summed E-state index contributed by atoms with van der Waals surface area (Å²) in [5, 5.41) is 2.89. The summed E-state index contributed by atoms with van der Waals surface area (Å²) in [5.41, 5.74) is 14.1. The van der Waals surface area contributed by atoms with Crippen molar-refractivity contribution in [2.45, 2.75) is 12.5 Å². The van der Waals surface area contributed by atoms with Gasteiger partial charge >= 0.3 is 0 Å². The number of azide groups is 1. The van der Waals surface area contributed by atoms with Crippen LogP contribution < -0.4 is 5.73 Å². The number of H-pyrrole nitrogens is 1. The van der Waals surface area contributed by atoms with Crippen LogP contribution in [0.3, 0.4) is 0 Å². The summed E-state index contributed by atoms with van der Waals surface area (Å²) in [6, 6.07) is -0.809. The second-order valence-electron chi connectivity index (χ2n) is 2.42. The first-order valence-corrected chi connectivity index (χ1v) is 3.56. The number of carbonyl (C=O) groups is 1. The molecule has 0 bridgehead atoms. The van der Waals surface area contributed by atoms with Crippen molar-refractivity contribution in [2.24, 2.45) is 10.8 Å². The molecule has 1 aromatic heterocycles. The average Bonchev–Trinajstić information content (AvgIpc) is 2.57. The molecule has 0 spiro atoms. The van der Waals surface area contributed by atoms with Gasteiger partial charge in [0.05, 0.1) is 12.4 Å². The van der Waals surface area contributed by atoms with Gasteiger partial charge in [-0.2, -0.15) is 0 Å². The Morgan fingerprint density at radius 1 is 1.92 bits per heavy atom. The van der Waals surface area contributed by atoms with Gasteiger partial charge in [0.1, 0.15) is 0 Å². The van der Waals surface area contributed by atoms with Crippen LogP contribution in [0, 0.1) is 0 Å². The molecule has 1 aromatic rings. The molecule has 1 heterocycles. The van der Waals surface area contributed by atoms with Gasteiger partial charge in [0.15, 0.2) is 0 Å².